The number of hydrogen-bond donors (Lipinski definition) is 2. The van der Waals surface area contributed by atoms with E-state index >= 15 is 0 Å². The first-order chi connectivity index (χ1) is 7.47. The Morgan fingerprint density at radius 2 is 2.06 bits per heavy atom. The molecule has 1 aromatic carbocycles. The second-order valence-electron chi connectivity index (χ2n) is 4.60. The van der Waals surface area contributed by atoms with E-state index in [0.29, 0.717) is 23.6 Å². The molecule has 0 saturated carbocycles. The number of ether oxygens (including phenoxy) is 2. The molecule has 0 aliphatic carbocycles. The smallest absolute Gasteiger partial charge is 0.496 e. The summed E-state index contributed by atoms with van der Waals surface area (Å²) in [7, 11) is -0.0907. The maximum atomic E-state index is 9.37. The topological polar surface area (TPSA) is 58.9 Å². The first kappa shape index (κ1) is 11.3. The van der Waals surface area contributed by atoms with Crippen LogP contribution in [0.25, 0.3) is 0 Å². The van der Waals surface area contributed by atoms with E-state index in [-0.39, 0.29) is 5.41 Å². The highest BCUT2D eigenvalue weighted by Crippen LogP contribution is 2.38. The quantitative estimate of drug-likeness (QED) is 0.694. The molecule has 0 bridgehead atoms. The summed E-state index contributed by atoms with van der Waals surface area (Å²) in [5, 5.41) is 18.7. The van der Waals surface area contributed by atoms with Gasteiger partial charge in [-0.15, -0.1) is 0 Å². The summed E-state index contributed by atoms with van der Waals surface area (Å²) >= 11 is 0. The van der Waals surface area contributed by atoms with Gasteiger partial charge in [-0.1, -0.05) is 19.9 Å². The van der Waals surface area contributed by atoms with Crippen LogP contribution in [0.2, 0.25) is 0 Å². The second kappa shape index (κ2) is 3.68. The van der Waals surface area contributed by atoms with Gasteiger partial charge in [0, 0.05) is 11.0 Å². The predicted octanol–water partition coefficient (Wildman–Crippen LogP) is 0.0450. The molecule has 0 saturated heterocycles. The lowest BCUT2D eigenvalue weighted by atomic mass is 9.75. The van der Waals surface area contributed by atoms with Crippen molar-refractivity contribution in [3.05, 3.63) is 17.7 Å². The highest BCUT2D eigenvalue weighted by atomic mass is 16.5. The van der Waals surface area contributed by atoms with Crippen LogP contribution >= 0.6 is 0 Å². The van der Waals surface area contributed by atoms with Crippen LogP contribution < -0.4 is 14.9 Å². The maximum Gasteiger partial charge on any atom is 0.496 e. The van der Waals surface area contributed by atoms with Crippen LogP contribution in [0.1, 0.15) is 19.4 Å². The summed E-state index contributed by atoms with van der Waals surface area (Å²) in [6.07, 6.45) is 0. The van der Waals surface area contributed by atoms with Crippen molar-refractivity contribution in [2.45, 2.75) is 19.3 Å². The van der Waals surface area contributed by atoms with Gasteiger partial charge in [-0.2, -0.15) is 0 Å². The van der Waals surface area contributed by atoms with E-state index in [1.165, 1.54) is 7.11 Å². The van der Waals surface area contributed by atoms with E-state index in [1.54, 1.807) is 6.07 Å². The molecule has 1 aliphatic rings. The third-order valence-electron chi connectivity index (χ3n) is 2.94. The average molecular weight is 222 g/mol. The molecule has 16 heavy (non-hydrogen) atoms. The number of rotatable bonds is 2. The van der Waals surface area contributed by atoms with Crippen LogP contribution in [0, 0.1) is 0 Å². The Labute approximate surface area is 95.0 Å². The molecule has 1 aromatic rings. The first-order valence-corrected chi connectivity index (χ1v) is 5.17. The molecule has 2 rings (SSSR count). The molecule has 4 nitrogen and oxygen atoms in total. The zero-order chi connectivity index (χ0) is 11.9. The van der Waals surface area contributed by atoms with Gasteiger partial charge in [-0.3, -0.25) is 0 Å². The fourth-order valence-electron chi connectivity index (χ4n) is 2.02. The maximum absolute atomic E-state index is 9.37. The van der Waals surface area contributed by atoms with Gasteiger partial charge in [-0.25, -0.2) is 0 Å². The highest BCUT2D eigenvalue weighted by Gasteiger charge is 2.37. The molecule has 1 aliphatic heterocycles. The Kier molecular flexibility index (Phi) is 2.60. The lowest BCUT2D eigenvalue weighted by molar-refractivity contribution is 0.290. The molecular formula is C11H15BO4. The normalized spacial score (nSPS) is 16.6. The van der Waals surface area contributed by atoms with Crippen LogP contribution in [0.15, 0.2) is 12.1 Å². The van der Waals surface area contributed by atoms with E-state index in [1.807, 2.05) is 6.07 Å². The summed E-state index contributed by atoms with van der Waals surface area (Å²) < 4.78 is 10.6. The molecule has 0 fully saturated rings. The van der Waals surface area contributed by atoms with Crippen LogP contribution in [-0.4, -0.2) is 30.9 Å². The van der Waals surface area contributed by atoms with E-state index < -0.39 is 7.12 Å². The summed E-state index contributed by atoms with van der Waals surface area (Å²) in [6.45, 7) is 4.65. The third-order valence-corrected chi connectivity index (χ3v) is 2.94. The van der Waals surface area contributed by atoms with Crippen molar-refractivity contribution in [2.24, 2.45) is 0 Å². The number of fused-ring (bicyclic) bond motifs is 1. The van der Waals surface area contributed by atoms with Gasteiger partial charge in [0.25, 0.3) is 0 Å². The van der Waals surface area contributed by atoms with Crippen molar-refractivity contribution in [1.82, 2.24) is 0 Å². The average Bonchev–Trinajstić information content (AvgIpc) is 2.53. The molecule has 86 valence electrons. The second-order valence-corrected chi connectivity index (χ2v) is 4.60. The molecule has 2 N–H and O–H groups in total. The first-order valence-electron chi connectivity index (χ1n) is 5.17. The zero-order valence-corrected chi connectivity index (χ0v) is 9.65. The lowest BCUT2D eigenvalue weighted by Crippen LogP contribution is -2.32. The van der Waals surface area contributed by atoms with Gasteiger partial charge in [0.1, 0.15) is 11.5 Å². The summed E-state index contributed by atoms with van der Waals surface area (Å²) in [5.41, 5.74) is 1.19. The third kappa shape index (κ3) is 1.56. The highest BCUT2D eigenvalue weighted by molar-refractivity contribution is 6.61. The fraction of sp³-hybridized carbons (Fsp3) is 0.455. The summed E-state index contributed by atoms with van der Waals surface area (Å²) in [4.78, 5) is 0. The minimum absolute atomic E-state index is 0.106. The Morgan fingerprint density at radius 1 is 1.38 bits per heavy atom. The van der Waals surface area contributed by atoms with Crippen LogP contribution in [0.4, 0.5) is 0 Å². The van der Waals surface area contributed by atoms with Crippen molar-refractivity contribution in [2.75, 3.05) is 13.7 Å². The molecule has 0 spiro atoms. The summed E-state index contributed by atoms with van der Waals surface area (Å²) in [6, 6.07) is 3.65. The minimum Gasteiger partial charge on any atom is -0.497 e. The molecule has 5 heteroatoms. The van der Waals surface area contributed by atoms with Crippen LogP contribution in [0.5, 0.6) is 11.5 Å². The minimum atomic E-state index is -1.58. The largest absolute Gasteiger partial charge is 0.497 e. The Hall–Kier alpha value is -1.20. The predicted molar refractivity (Wildman–Crippen MR) is 61.3 cm³/mol. The van der Waals surface area contributed by atoms with Crippen molar-refractivity contribution in [3.63, 3.8) is 0 Å². The Morgan fingerprint density at radius 3 is 2.62 bits per heavy atom. The zero-order valence-electron chi connectivity index (χ0n) is 9.65. The molecule has 0 radical (unpaired) electrons. The van der Waals surface area contributed by atoms with Gasteiger partial charge in [0.15, 0.2) is 0 Å². The molecule has 0 unspecified atom stereocenters. The van der Waals surface area contributed by atoms with Crippen molar-refractivity contribution >= 4 is 12.6 Å². The molecule has 0 amide bonds. The molecule has 1 heterocycles. The molecule has 0 atom stereocenters. The number of methoxy groups -OCH3 is 1. The van der Waals surface area contributed by atoms with Crippen molar-refractivity contribution < 1.29 is 19.5 Å². The summed E-state index contributed by atoms with van der Waals surface area (Å²) in [5.74, 6) is 0.978. The molecular weight excluding hydrogens is 207 g/mol. The van der Waals surface area contributed by atoms with E-state index in [0.717, 1.165) is 5.56 Å². The van der Waals surface area contributed by atoms with Crippen LogP contribution in [0.3, 0.4) is 0 Å². The van der Waals surface area contributed by atoms with Gasteiger partial charge in [-0.05, 0) is 6.07 Å². The van der Waals surface area contributed by atoms with Gasteiger partial charge < -0.3 is 19.5 Å². The van der Waals surface area contributed by atoms with Crippen molar-refractivity contribution in [1.29, 1.82) is 0 Å². The van der Waals surface area contributed by atoms with E-state index in [2.05, 4.69) is 13.8 Å². The fourth-order valence-corrected chi connectivity index (χ4v) is 2.02. The lowest BCUT2D eigenvalue weighted by Gasteiger charge is -2.16. The van der Waals surface area contributed by atoms with Gasteiger partial charge >= 0.3 is 7.12 Å². The van der Waals surface area contributed by atoms with Crippen molar-refractivity contribution in [3.8, 4) is 11.5 Å². The number of benzene rings is 1. The molecule has 0 aromatic heterocycles. The Balaban J connectivity index is 2.63. The van der Waals surface area contributed by atoms with E-state index in [4.69, 9.17) is 9.47 Å². The SMILES string of the molecule is COc1ccc2c(c1B(O)O)OCC2(C)C. The number of hydrogen-bond acceptors (Lipinski definition) is 4. The monoisotopic (exact) mass is 222 g/mol. The standard InChI is InChI=1S/C11H15BO4/c1-11(2)6-16-10-7(11)4-5-8(15-3)9(10)12(13)14/h4-5,13-14H,6H2,1-3H3. The van der Waals surface area contributed by atoms with E-state index in [9.17, 15) is 10.0 Å². The van der Waals surface area contributed by atoms with Gasteiger partial charge in [0.2, 0.25) is 0 Å². The van der Waals surface area contributed by atoms with Gasteiger partial charge in [0.05, 0.1) is 19.2 Å². The Bertz CT molecular complexity index is 415. The van der Waals surface area contributed by atoms with Crippen LogP contribution in [-0.2, 0) is 5.41 Å².